The second-order valence-electron chi connectivity index (χ2n) is 9.53. The first-order chi connectivity index (χ1) is 17.8. The third kappa shape index (κ3) is 7.74. The number of benzene rings is 1. The van der Waals surface area contributed by atoms with Gasteiger partial charge in [0.2, 0.25) is 0 Å². The number of carbonyl (C=O) groups excluding carboxylic acids is 3. The first kappa shape index (κ1) is 30.0. The summed E-state index contributed by atoms with van der Waals surface area (Å²) >= 11 is 7.30. The number of aromatic nitrogens is 2. The highest BCUT2D eigenvalue weighted by Gasteiger charge is 2.40. The number of halogens is 2. The summed E-state index contributed by atoms with van der Waals surface area (Å²) in [6, 6.07) is 2.19. The van der Waals surface area contributed by atoms with Crippen LogP contribution in [0.1, 0.15) is 40.0 Å². The molecule has 0 saturated carbocycles. The Kier molecular flexibility index (Phi) is 9.90. The van der Waals surface area contributed by atoms with Gasteiger partial charge in [-0.2, -0.15) is 0 Å². The van der Waals surface area contributed by atoms with Crippen molar-refractivity contribution in [2.75, 3.05) is 13.7 Å². The zero-order valence-corrected chi connectivity index (χ0v) is 24.4. The summed E-state index contributed by atoms with van der Waals surface area (Å²) in [6.45, 7) is 5.06. The van der Waals surface area contributed by atoms with Crippen LogP contribution in [0.5, 0.6) is 0 Å². The van der Waals surface area contributed by atoms with Crippen molar-refractivity contribution in [3.63, 3.8) is 0 Å². The SMILES string of the molecule is COS(=O)NC(=O)OC1CCCN(C(=O)OC(C)(C)C)C1CC(=O)Cn1cnc2cc(Br)c(Cl)cc2c1=O. The minimum Gasteiger partial charge on any atom is -0.444 e. The molecule has 0 spiro atoms. The van der Waals surface area contributed by atoms with Gasteiger partial charge >= 0.3 is 12.2 Å². The Bertz CT molecular complexity index is 1310. The van der Waals surface area contributed by atoms with Crippen LogP contribution in [0, 0.1) is 0 Å². The van der Waals surface area contributed by atoms with E-state index in [2.05, 4.69) is 25.1 Å². The van der Waals surface area contributed by atoms with E-state index >= 15 is 0 Å². The Labute approximate surface area is 234 Å². The first-order valence-corrected chi connectivity index (χ1v) is 13.8. The summed E-state index contributed by atoms with van der Waals surface area (Å²) in [7, 11) is 1.14. The van der Waals surface area contributed by atoms with Crippen molar-refractivity contribution in [2.24, 2.45) is 0 Å². The van der Waals surface area contributed by atoms with Crippen molar-refractivity contribution in [1.29, 1.82) is 0 Å². The Morgan fingerprint density at radius 3 is 2.66 bits per heavy atom. The van der Waals surface area contributed by atoms with Gasteiger partial charge < -0.3 is 14.4 Å². The number of amides is 2. The number of hydrogen-bond acceptors (Lipinski definition) is 9. The fourth-order valence-electron chi connectivity index (χ4n) is 3.97. The number of Topliss-reactive ketones (excluding diaryl/α,β-unsaturated/α-hetero) is 1. The molecule has 1 aromatic carbocycles. The number of hydrogen-bond donors (Lipinski definition) is 1. The topological polar surface area (TPSA) is 146 Å². The molecule has 2 heterocycles. The smallest absolute Gasteiger partial charge is 0.421 e. The molecule has 12 nitrogen and oxygen atoms in total. The van der Waals surface area contributed by atoms with Crippen LogP contribution in [0.15, 0.2) is 27.7 Å². The zero-order valence-electron chi connectivity index (χ0n) is 21.2. The highest BCUT2D eigenvalue weighted by Crippen LogP contribution is 2.27. The Hall–Kier alpha value is -2.55. The number of likely N-dealkylation sites (tertiary alicyclic amines) is 1. The van der Waals surface area contributed by atoms with E-state index in [0.717, 1.165) is 11.7 Å². The van der Waals surface area contributed by atoms with E-state index in [9.17, 15) is 23.4 Å². The number of nitrogens with one attached hydrogen (secondary N) is 1. The predicted molar refractivity (Wildman–Crippen MR) is 143 cm³/mol. The van der Waals surface area contributed by atoms with Gasteiger partial charge in [0.05, 0.1) is 41.9 Å². The number of carbonyl (C=O) groups is 3. The van der Waals surface area contributed by atoms with Gasteiger partial charge in [0.25, 0.3) is 16.8 Å². The molecule has 3 unspecified atom stereocenters. The van der Waals surface area contributed by atoms with Crippen LogP contribution in [0.25, 0.3) is 10.9 Å². The van der Waals surface area contributed by atoms with Crippen LogP contribution in [-0.2, 0) is 36.3 Å². The van der Waals surface area contributed by atoms with Gasteiger partial charge in [-0.15, -0.1) is 0 Å². The normalized spacial score (nSPS) is 18.6. The lowest BCUT2D eigenvalue weighted by Crippen LogP contribution is -2.55. The monoisotopic (exact) mass is 634 g/mol. The molecular weight excluding hydrogens is 608 g/mol. The van der Waals surface area contributed by atoms with Crippen molar-refractivity contribution in [1.82, 2.24) is 19.2 Å². The third-order valence-corrected chi connectivity index (χ3v) is 7.40. The summed E-state index contributed by atoms with van der Waals surface area (Å²) in [5, 5.41) is 0.564. The molecule has 1 aromatic heterocycles. The number of fused-ring (bicyclic) bond motifs is 1. The number of rotatable bonds is 7. The molecule has 0 bridgehead atoms. The zero-order chi connectivity index (χ0) is 28.2. The third-order valence-electron chi connectivity index (χ3n) is 5.57. The number of piperidine rings is 1. The molecule has 0 radical (unpaired) electrons. The summed E-state index contributed by atoms with van der Waals surface area (Å²) in [6.07, 6.45) is -0.774. The van der Waals surface area contributed by atoms with E-state index in [4.69, 9.17) is 21.1 Å². The minimum absolute atomic E-state index is 0.240. The Balaban J connectivity index is 1.84. The van der Waals surface area contributed by atoms with Crippen LogP contribution in [0.3, 0.4) is 0 Å². The molecule has 15 heteroatoms. The number of ether oxygens (including phenoxy) is 2. The van der Waals surface area contributed by atoms with Crippen molar-refractivity contribution in [3.05, 3.63) is 38.3 Å². The van der Waals surface area contributed by atoms with E-state index in [1.165, 1.54) is 17.3 Å². The number of ketones is 1. The maximum absolute atomic E-state index is 13.2. The summed E-state index contributed by atoms with van der Waals surface area (Å²) in [5.41, 5.74) is -0.849. The van der Waals surface area contributed by atoms with Crippen LogP contribution in [0.2, 0.25) is 5.02 Å². The van der Waals surface area contributed by atoms with Crippen molar-refractivity contribution in [2.45, 2.75) is 64.3 Å². The lowest BCUT2D eigenvalue weighted by molar-refractivity contribution is -0.122. The van der Waals surface area contributed by atoms with Gasteiger partial charge in [-0.25, -0.2) is 23.5 Å². The second kappa shape index (κ2) is 12.5. The minimum atomic E-state index is -2.11. The average Bonchev–Trinajstić information content (AvgIpc) is 2.82. The van der Waals surface area contributed by atoms with E-state index in [1.54, 1.807) is 26.8 Å². The molecule has 3 rings (SSSR count). The first-order valence-electron chi connectivity index (χ1n) is 11.6. The molecule has 1 saturated heterocycles. The molecule has 3 atom stereocenters. The highest BCUT2D eigenvalue weighted by molar-refractivity contribution is 9.10. The van der Waals surface area contributed by atoms with Crippen LogP contribution >= 0.6 is 27.5 Å². The van der Waals surface area contributed by atoms with E-state index in [1.807, 2.05) is 4.72 Å². The molecule has 2 aromatic rings. The van der Waals surface area contributed by atoms with E-state index in [-0.39, 0.29) is 24.9 Å². The van der Waals surface area contributed by atoms with E-state index < -0.39 is 52.5 Å². The molecule has 2 amide bonds. The largest absolute Gasteiger partial charge is 0.444 e. The van der Waals surface area contributed by atoms with Crippen molar-refractivity contribution >= 4 is 67.7 Å². The van der Waals surface area contributed by atoms with E-state index in [0.29, 0.717) is 27.9 Å². The molecule has 1 fully saturated rings. The molecular formula is C23H28BrClN4O8S. The predicted octanol–water partition coefficient (Wildman–Crippen LogP) is 3.49. The molecule has 38 heavy (non-hydrogen) atoms. The molecule has 1 aliphatic rings. The quantitative estimate of drug-likeness (QED) is 0.483. The fraction of sp³-hybridized carbons (Fsp3) is 0.522. The van der Waals surface area contributed by atoms with Crippen LogP contribution < -0.4 is 10.3 Å². The number of nitrogens with zero attached hydrogens (tertiary/aromatic N) is 3. The lowest BCUT2D eigenvalue weighted by atomic mass is 9.94. The Morgan fingerprint density at radius 2 is 2.00 bits per heavy atom. The average molecular weight is 636 g/mol. The van der Waals surface area contributed by atoms with Gasteiger partial charge in [-0.1, -0.05) is 11.6 Å². The molecule has 1 N–H and O–H groups in total. The van der Waals surface area contributed by atoms with Crippen molar-refractivity contribution < 1.29 is 32.2 Å². The molecule has 1 aliphatic heterocycles. The summed E-state index contributed by atoms with van der Waals surface area (Å²) in [4.78, 5) is 56.9. The van der Waals surface area contributed by atoms with Gasteiger partial charge in [-0.3, -0.25) is 18.3 Å². The summed E-state index contributed by atoms with van der Waals surface area (Å²) in [5.74, 6) is -0.411. The maximum atomic E-state index is 13.2. The fourth-order valence-corrected chi connectivity index (χ4v) is 4.74. The van der Waals surface area contributed by atoms with Crippen molar-refractivity contribution in [3.8, 4) is 0 Å². The van der Waals surface area contributed by atoms with Gasteiger partial charge in [0.15, 0.2) is 5.78 Å². The maximum Gasteiger partial charge on any atom is 0.421 e. The van der Waals surface area contributed by atoms with Gasteiger partial charge in [-0.05, 0) is 61.7 Å². The van der Waals surface area contributed by atoms with Crippen LogP contribution in [0.4, 0.5) is 9.59 Å². The highest BCUT2D eigenvalue weighted by atomic mass is 79.9. The summed E-state index contributed by atoms with van der Waals surface area (Å²) < 4.78 is 30.7. The Morgan fingerprint density at radius 1 is 1.29 bits per heavy atom. The van der Waals surface area contributed by atoms with Crippen LogP contribution in [-0.4, -0.2) is 68.0 Å². The second-order valence-corrected chi connectivity index (χ2v) is 11.8. The van der Waals surface area contributed by atoms with Gasteiger partial charge in [0, 0.05) is 17.4 Å². The lowest BCUT2D eigenvalue weighted by Gasteiger charge is -2.40. The standard InChI is InChI=1S/C23H28BrClN4O8S/c1-23(2,3)37-22(33)29-7-5-6-19(36-21(32)27-38(34)35-4)18(29)8-13(30)11-28-12-26-17-10-15(24)16(25)9-14(17)20(28)31/h9-10,12,18-19H,5-8,11H2,1-4H3,(H,27,32). The molecule has 208 valence electrons. The molecule has 0 aliphatic carbocycles. The van der Waals surface area contributed by atoms with Gasteiger partial charge in [0.1, 0.15) is 11.7 Å².